The molecule has 0 radical (unpaired) electrons. The first-order valence-corrected chi connectivity index (χ1v) is 12.5. The number of fused-ring (bicyclic) bond motifs is 1. The van der Waals surface area contributed by atoms with Crippen LogP contribution in [0.2, 0.25) is 5.02 Å². The zero-order valence-corrected chi connectivity index (χ0v) is 21.1. The van der Waals surface area contributed by atoms with Crippen LogP contribution in [0.25, 0.3) is 10.9 Å². The molecule has 9 nitrogen and oxygen atoms in total. The van der Waals surface area contributed by atoms with E-state index in [0.29, 0.717) is 46.8 Å². The van der Waals surface area contributed by atoms with Crippen LogP contribution in [0.1, 0.15) is 25.3 Å². The average Bonchev–Trinajstić information content (AvgIpc) is 3.45. The number of carbonyl (C=O) groups is 1. The minimum atomic E-state index is -0.212. The summed E-state index contributed by atoms with van der Waals surface area (Å²) in [6.07, 6.45) is 6.74. The largest absolute Gasteiger partial charge is 0.492 e. The number of rotatable bonds is 9. The second kappa shape index (κ2) is 11.4. The van der Waals surface area contributed by atoms with E-state index in [1.54, 1.807) is 24.5 Å². The highest BCUT2D eigenvalue weighted by molar-refractivity contribution is 6.32. The van der Waals surface area contributed by atoms with Crippen LogP contribution in [0.3, 0.4) is 0 Å². The summed E-state index contributed by atoms with van der Waals surface area (Å²) in [6, 6.07) is 12.7. The van der Waals surface area contributed by atoms with Crippen LogP contribution >= 0.6 is 11.6 Å². The number of halogens is 1. The molecule has 1 fully saturated rings. The number of carbonyl (C=O) groups excluding carboxylic acids is 1. The summed E-state index contributed by atoms with van der Waals surface area (Å²) in [5, 5.41) is 10.7. The van der Waals surface area contributed by atoms with Gasteiger partial charge in [0.25, 0.3) is 0 Å². The highest BCUT2D eigenvalue weighted by atomic mass is 35.5. The molecule has 0 bridgehead atoms. The van der Waals surface area contributed by atoms with Crippen LogP contribution < -0.4 is 25.4 Å². The molecule has 37 heavy (non-hydrogen) atoms. The van der Waals surface area contributed by atoms with E-state index < -0.39 is 0 Å². The summed E-state index contributed by atoms with van der Waals surface area (Å²) in [7, 11) is 0. The van der Waals surface area contributed by atoms with Crippen molar-refractivity contribution in [2.75, 3.05) is 23.8 Å². The summed E-state index contributed by atoms with van der Waals surface area (Å²) in [5.74, 6) is 1.61. The molecule has 190 valence electrons. The number of nitrogens with zero attached hydrogens (tertiary/aromatic N) is 3. The molecular formula is C27H27ClN6O3. The van der Waals surface area contributed by atoms with Gasteiger partial charge in [0, 0.05) is 35.1 Å². The third-order valence-corrected chi connectivity index (χ3v) is 6.28. The maximum atomic E-state index is 12.8. The van der Waals surface area contributed by atoms with Gasteiger partial charge in [-0.25, -0.2) is 9.97 Å². The van der Waals surface area contributed by atoms with Gasteiger partial charge >= 0.3 is 0 Å². The van der Waals surface area contributed by atoms with E-state index in [0.717, 1.165) is 36.0 Å². The van der Waals surface area contributed by atoms with Crippen LogP contribution in [-0.2, 0) is 11.4 Å². The molecule has 0 aliphatic carbocycles. The van der Waals surface area contributed by atoms with Crippen molar-refractivity contribution in [3.8, 4) is 11.5 Å². The SMILES string of the molecule is CCOc1cc2ncnc(Nc3ccc(OCc4cccnc4)c(Cl)c3)c2cc1NC(=O)[C@H]1CCCN1. The Morgan fingerprint density at radius 1 is 1.16 bits per heavy atom. The van der Waals surface area contributed by atoms with Crippen molar-refractivity contribution >= 4 is 45.6 Å². The molecule has 3 heterocycles. The van der Waals surface area contributed by atoms with E-state index >= 15 is 0 Å². The second-order valence-corrected chi connectivity index (χ2v) is 8.99. The number of nitrogens with one attached hydrogen (secondary N) is 3. The lowest BCUT2D eigenvalue weighted by atomic mass is 10.1. The Kier molecular flexibility index (Phi) is 7.62. The highest BCUT2D eigenvalue weighted by Gasteiger charge is 2.23. The van der Waals surface area contributed by atoms with Crippen LogP contribution in [0, 0.1) is 0 Å². The van der Waals surface area contributed by atoms with Crippen LogP contribution in [0.5, 0.6) is 11.5 Å². The van der Waals surface area contributed by atoms with Gasteiger partial charge in [0.2, 0.25) is 5.91 Å². The molecule has 5 rings (SSSR count). The second-order valence-electron chi connectivity index (χ2n) is 8.58. The van der Waals surface area contributed by atoms with Crippen molar-refractivity contribution in [2.45, 2.75) is 32.4 Å². The molecule has 1 aliphatic rings. The number of ether oxygens (including phenoxy) is 2. The van der Waals surface area contributed by atoms with Gasteiger partial charge in [0.1, 0.15) is 30.3 Å². The van der Waals surface area contributed by atoms with E-state index in [9.17, 15) is 4.79 Å². The lowest BCUT2D eigenvalue weighted by Crippen LogP contribution is -2.35. The first kappa shape index (κ1) is 24.7. The fourth-order valence-electron chi connectivity index (χ4n) is 4.16. The first-order valence-electron chi connectivity index (χ1n) is 12.1. The van der Waals surface area contributed by atoms with Crippen molar-refractivity contribution in [1.82, 2.24) is 20.3 Å². The minimum Gasteiger partial charge on any atom is -0.492 e. The molecule has 0 unspecified atom stereocenters. The van der Waals surface area contributed by atoms with E-state index in [1.165, 1.54) is 6.33 Å². The summed E-state index contributed by atoms with van der Waals surface area (Å²) < 4.78 is 11.6. The summed E-state index contributed by atoms with van der Waals surface area (Å²) in [5.41, 5.74) is 2.93. The standard InChI is InChI=1S/C27H27ClN6O3/c1-2-36-25-13-22-19(12-23(25)34-27(35)21-6-4-10-30-21)26(32-16-31-22)33-18-7-8-24(20(28)11-18)37-15-17-5-3-9-29-14-17/h3,5,7-9,11-14,16,21,30H,2,4,6,10,15H2,1H3,(H,34,35)(H,31,32,33)/t21-/m1/s1. The molecular weight excluding hydrogens is 492 g/mol. The van der Waals surface area contributed by atoms with Crippen LogP contribution in [0.4, 0.5) is 17.2 Å². The monoisotopic (exact) mass is 518 g/mol. The lowest BCUT2D eigenvalue weighted by molar-refractivity contribution is -0.117. The highest BCUT2D eigenvalue weighted by Crippen LogP contribution is 2.35. The van der Waals surface area contributed by atoms with Crippen molar-refractivity contribution in [2.24, 2.45) is 0 Å². The Morgan fingerprint density at radius 2 is 2.08 bits per heavy atom. The summed E-state index contributed by atoms with van der Waals surface area (Å²) in [4.78, 5) is 25.7. The van der Waals surface area contributed by atoms with Crippen LogP contribution in [-0.4, -0.2) is 40.1 Å². The topological polar surface area (TPSA) is 110 Å². The van der Waals surface area contributed by atoms with Crippen LogP contribution in [0.15, 0.2) is 61.2 Å². The molecule has 10 heteroatoms. The number of amides is 1. The summed E-state index contributed by atoms with van der Waals surface area (Å²) in [6.45, 7) is 3.56. The molecule has 1 aliphatic heterocycles. The molecule has 1 saturated heterocycles. The predicted molar refractivity (Wildman–Crippen MR) is 144 cm³/mol. The quantitative estimate of drug-likeness (QED) is 0.281. The van der Waals surface area contributed by atoms with Crippen molar-refractivity contribution in [3.05, 3.63) is 71.8 Å². The van der Waals surface area contributed by atoms with Gasteiger partial charge in [0.15, 0.2) is 0 Å². The normalized spacial score (nSPS) is 14.9. The molecule has 1 atom stereocenters. The number of pyridine rings is 1. The number of benzene rings is 2. The Hall–Kier alpha value is -3.95. The molecule has 2 aromatic carbocycles. The lowest BCUT2D eigenvalue weighted by Gasteiger charge is -2.17. The number of hydrogen-bond acceptors (Lipinski definition) is 8. The number of hydrogen-bond donors (Lipinski definition) is 3. The van der Waals surface area contributed by atoms with Gasteiger partial charge in [0.05, 0.1) is 28.9 Å². The van der Waals surface area contributed by atoms with E-state index in [2.05, 4.69) is 30.9 Å². The molecule has 0 saturated carbocycles. The van der Waals surface area contributed by atoms with Gasteiger partial charge in [-0.1, -0.05) is 17.7 Å². The zero-order chi connectivity index (χ0) is 25.6. The first-order chi connectivity index (χ1) is 18.1. The van der Waals surface area contributed by atoms with E-state index in [-0.39, 0.29) is 11.9 Å². The van der Waals surface area contributed by atoms with Crippen molar-refractivity contribution in [3.63, 3.8) is 0 Å². The maximum Gasteiger partial charge on any atom is 0.241 e. The van der Waals surface area contributed by atoms with Gasteiger partial charge in [-0.2, -0.15) is 0 Å². The Balaban J connectivity index is 1.38. The number of aromatic nitrogens is 3. The maximum absolute atomic E-state index is 12.8. The van der Waals surface area contributed by atoms with E-state index in [1.807, 2.05) is 37.3 Å². The molecule has 3 N–H and O–H groups in total. The van der Waals surface area contributed by atoms with Gasteiger partial charge in [-0.15, -0.1) is 0 Å². The Morgan fingerprint density at radius 3 is 2.84 bits per heavy atom. The smallest absolute Gasteiger partial charge is 0.241 e. The fourth-order valence-corrected chi connectivity index (χ4v) is 4.40. The average molecular weight is 519 g/mol. The molecule has 4 aromatic rings. The molecule has 1 amide bonds. The Labute approximate surface area is 219 Å². The molecule has 2 aromatic heterocycles. The Bertz CT molecular complexity index is 1400. The van der Waals surface area contributed by atoms with E-state index in [4.69, 9.17) is 21.1 Å². The van der Waals surface area contributed by atoms with Gasteiger partial charge in [-0.3, -0.25) is 9.78 Å². The van der Waals surface area contributed by atoms with Gasteiger partial charge in [-0.05, 0) is 56.6 Å². The van der Waals surface area contributed by atoms with Gasteiger partial charge < -0.3 is 25.4 Å². The third-order valence-electron chi connectivity index (χ3n) is 5.98. The minimum absolute atomic E-state index is 0.0854. The molecule has 0 spiro atoms. The summed E-state index contributed by atoms with van der Waals surface area (Å²) >= 11 is 6.50. The van der Waals surface area contributed by atoms with Crippen molar-refractivity contribution < 1.29 is 14.3 Å². The zero-order valence-electron chi connectivity index (χ0n) is 20.3. The van der Waals surface area contributed by atoms with Crippen molar-refractivity contribution in [1.29, 1.82) is 0 Å². The number of anilines is 3. The predicted octanol–water partition coefficient (Wildman–Crippen LogP) is 5.09. The fraction of sp³-hybridized carbons (Fsp3) is 0.259. The third kappa shape index (κ3) is 5.90.